The number of rotatable bonds is 5. The fourth-order valence-corrected chi connectivity index (χ4v) is 5.80. The lowest BCUT2D eigenvalue weighted by Gasteiger charge is -2.22. The van der Waals surface area contributed by atoms with E-state index in [0.717, 1.165) is 12.0 Å². The zero-order valence-corrected chi connectivity index (χ0v) is 18.0. The molecule has 140 valence electrons. The van der Waals surface area contributed by atoms with Crippen LogP contribution >= 0.6 is 24.9 Å². The second-order valence-electron chi connectivity index (χ2n) is 6.44. The number of para-hydroxylation sites is 1. The van der Waals surface area contributed by atoms with Crippen molar-refractivity contribution in [2.24, 2.45) is 0 Å². The smallest absolute Gasteiger partial charge is 0.119 e. The highest BCUT2D eigenvalue weighted by Crippen LogP contribution is 2.35. The lowest BCUT2D eigenvalue weighted by molar-refractivity contribution is 0.469. The third kappa shape index (κ3) is 4.52. The van der Waals surface area contributed by atoms with Crippen LogP contribution in [0.1, 0.15) is 11.1 Å². The number of phenolic OH excluding ortho intramolecular Hbond substituents is 1. The molecule has 0 bridgehead atoms. The highest BCUT2D eigenvalue weighted by molar-refractivity contribution is 8.93. The SMILES string of the molecule is Br.Oc1ccccc1Cc1ccccc1P(c1ccccc1)c1ccccc1. The maximum atomic E-state index is 10.2. The van der Waals surface area contributed by atoms with Crippen LogP contribution in [0.15, 0.2) is 109 Å². The van der Waals surface area contributed by atoms with Crippen LogP contribution < -0.4 is 15.9 Å². The van der Waals surface area contributed by atoms with Crippen molar-refractivity contribution in [1.29, 1.82) is 0 Å². The Morgan fingerprint density at radius 2 is 1.00 bits per heavy atom. The molecule has 0 aliphatic rings. The first-order valence-electron chi connectivity index (χ1n) is 9.08. The fraction of sp³-hybridized carbons (Fsp3) is 0.0400. The first-order valence-corrected chi connectivity index (χ1v) is 10.4. The number of hydrogen-bond acceptors (Lipinski definition) is 1. The molecule has 0 aliphatic heterocycles. The number of benzene rings is 4. The zero-order chi connectivity index (χ0) is 18.5. The maximum absolute atomic E-state index is 10.2. The van der Waals surface area contributed by atoms with Crippen molar-refractivity contribution in [1.82, 2.24) is 0 Å². The molecule has 0 spiro atoms. The summed E-state index contributed by atoms with van der Waals surface area (Å²) >= 11 is 0. The Bertz CT molecular complexity index is 979. The summed E-state index contributed by atoms with van der Waals surface area (Å²) < 4.78 is 0. The monoisotopic (exact) mass is 448 g/mol. The second-order valence-corrected chi connectivity index (χ2v) is 8.63. The highest BCUT2D eigenvalue weighted by Gasteiger charge is 2.19. The molecule has 0 saturated carbocycles. The van der Waals surface area contributed by atoms with Gasteiger partial charge in [0.2, 0.25) is 0 Å². The van der Waals surface area contributed by atoms with E-state index in [-0.39, 0.29) is 17.0 Å². The zero-order valence-electron chi connectivity index (χ0n) is 15.4. The van der Waals surface area contributed by atoms with Gasteiger partial charge in [0, 0.05) is 6.42 Å². The van der Waals surface area contributed by atoms with Crippen LogP contribution in [0.25, 0.3) is 0 Å². The van der Waals surface area contributed by atoms with E-state index in [1.165, 1.54) is 21.5 Å². The Balaban J connectivity index is 0.00000225. The number of aromatic hydroxyl groups is 1. The molecule has 4 rings (SSSR count). The van der Waals surface area contributed by atoms with Gasteiger partial charge in [0.1, 0.15) is 5.75 Å². The van der Waals surface area contributed by atoms with Crippen LogP contribution in [0.4, 0.5) is 0 Å². The first kappa shape index (κ1) is 20.3. The largest absolute Gasteiger partial charge is 0.508 e. The van der Waals surface area contributed by atoms with Gasteiger partial charge in [-0.05, 0) is 41.0 Å². The molecule has 3 heteroatoms. The quantitative estimate of drug-likeness (QED) is 0.409. The van der Waals surface area contributed by atoms with Crippen LogP contribution in [0.3, 0.4) is 0 Å². The van der Waals surface area contributed by atoms with Crippen LogP contribution in [0.2, 0.25) is 0 Å². The van der Waals surface area contributed by atoms with E-state index in [9.17, 15) is 5.11 Å². The van der Waals surface area contributed by atoms with E-state index in [4.69, 9.17) is 0 Å². The van der Waals surface area contributed by atoms with Crippen molar-refractivity contribution < 1.29 is 5.11 Å². The molecule has 0 aliphatic carbocycles. The molecule has 28 heavy (non-hydrogen) atoms. The third-order valence-electron chi connectivity index (χ3n) is 4.63. The Morgan fingerprint density at radius 1 is 0.536 bits per heavy atom. The predicted octanol–water partition coefficient (Wildman–Crippen LogP) is 5.32. The van der Waals surface area contributed by atoms with Gasteiger partial charge in [-0.1, -0.05) is 103 Å². The summed E-state index contributed by atoms with van der Waals surface area (Å²) in [4.78, 5) is 0. The molecule has 4 aromatic rings. The molecular formula is C25H22BrOP. The summed E-state index contributed by atoms with van der Waals surface area (Å²) in [5, 5.41) is 14.3. The lowest BCUT2D eigenvalue weighted by Crippen LogP contribution is -2.23. The van der Waals surface area contributed by atoms with Crippen LogP contribution in [0.5, 0.6) is 5.75 Å². The number of halogens is 1. The van der Waals surface area contributed by atoms with Crippen molar-refractivity contribution in [3.63, 3.8) is 0 Å². The van der Waals surface area contributed by atoms with Crippen molar-refractivity contribution in [2.75, 3.05) is 0 Å². The minimum absolute atomic E-state index is 0. The van der Waals surface area contributed by atoms with E-state index in [1.807, 2.05) is 18.2 Å². The molecule has 1 N–H and O–H groups in total. The van der Waals surface area contributed by atoms with E-state index in [2.05, 4.69) is 84.9 Å². The van der Waals surface area contributed by atoms with Gasteiger partial charge >= 0.3 is 0 Å². The Labute approximate surface area is 178 Å². The summed E-state index contributed by atoms with van der Waals surface area (Å²) in [5.41, 5.74) is 2.22. The average Bonchev–Trinajstić information content (AvgIpc) is 2.73. The topological polar surface area (TPSA) is 20.2 Å². The minimum atomic E-state index is -0.654. The van der Waals surface area contributed by atoms with Gasteiger partial charge in [0.25, 0.3) is 0 Å². The third-order valence-corrected chi connectivity index (χ3v) is 7.18. The molecule has 1 nitrogen and oxygen atoms in total. The van der Waals surface area contributed by atoms with Gasteiger partial charge in [-0.25, -0.2) is 0 Å². The summed E-state index contributed by atoms with van der Waals surface area (Å²) in [5.74, 6) is 0.357. The normalized spacial score (nSPS) is 10.5. The van der Waals surface area contributed by atoms with Crippen LogP contribution in [0, 0.1) is 0 Å². The van der Waals surface area contributed by atoms with Gasteiger partial charge in [0.05, 0.1) is 0 Å². The number of phenols is 1. The summed E-state index contributed by atoms with van der Waals surface area (Å²) in [7, 11) is -0.654. The second kappa shape index (κ2) is 9.68. The Morgan fingerprint density at radius 3 is 1.57 bits per heavy atom. The molecular weight excluding hydrogens is 427 g/mol. The highest BCUT2D eigenvalue weighted by atomic mass is 79.9. The summed E-state index contributed by atoms with van der Waals surface area (Å²) in [6.45, 7) is 0. The van der Waals surface area contributed by atoms with Gasteiger partial charge < -0.3 is 5.11 Å². The lowest BCUT2D eigenvalue weighted by atomic mass is 10.0. The first-order chi connectivity index (χ1) is 13.3. The molecule has 0 atom stereocenters. The summed E-state index contributed by atoms with van der Waals surface area (Å²) in [6.07, 6.45) is 0.724. The van der Waals surface area contributed by atoms with E-state index in [0.29, 0.717) is 5.75 Å². The Kier molecular flexibility index (Phi) is 7.03. The molecule has 0 unspecified atom stereocenters. The molecule has 0 fully saturated rings. The van der Waals surface area contributed by atoms with Crippen molar-refractivity contribution in [2.45, 2.75) is 6.42 Å². The van der Waals surface area contributed by atoms with E-state index < -0.39 is 7.92 Å². The number of hydrogen-bond donors (Lipinski definition) is 1. The van der Waals surface area contributed by atoms with E-state index in [1.54, 1.807) is 6.07 Å². The van der Waals surface area contributed by atoms with Gasteiger partial charge in [-0.2, -0.15) is 0 Å². The van der Waals surface area contributed by atoms with Crippen molar-refractivity contribution in [3.05, 3.63) is 120 Å². The minimum Gasteiger partial charge on any atom is -0.508 e. The molecule has 0 aromatic heterocycles. The van der Waals surface area contributed by atoms with Gasteiger partial charge in [0.15, 0.2) is 0 Å². The fourth-order valence-electron chi connectivity index (χ4n) is 3.33. The van der Waals surface area contributed by atoms with E-state index >= 15 is 0 Å². The van der Waals surface area contributed by atoms with Gasteiger partial charge in [-0.15, -0.1) is 17.0 Å². The standard InChI is InChI=1S/C25H21OP.BrH/c26-24-17-9-7-11-20(24)19-21-12-8-10-18-25(21)27(22-13-3-1-4-14-22)23-15-5-2-6-16-23;/h1-18,26H,19H2;1H. The Hall–Kier alpha value is -2.41. The molecule has 0 heterocycles. The average molecular weight is 449 g/mol. The van der Waals surface area contributed by atoms with Crippen LogP contribution in [-0.4, -0.2) is 5.11 Å². The molecule has 4 aromatic carbocycles. The van der Waals surface area contributed by atoms with Crippen molar-refractivity contribution >= 4 is 40.8 Å². The van der Waals surface area contributed by atoms with Crippen LogP contribution in [-0.2, 0) is 6.42 Å². The van der Waals surface area contributed by atoms with Crippen molar-refractivity contribution in [3.8, 4) is 5.75 Å². The maximum Gasteiger partial charge on any atom is 0.119 e. The predicted molar refractivity (Wildman–Crippen MR) is 126 cm³/mol. The molecule has 0 saturated heterocycles. The molecule has 0 radical (unpaired) electrons. The summed E-state index contributed by atoms with van der Waals surface area (Å²) in [6, 6.07) is 37.7. The molecule has 0 amide bonds. The van der Waals surface area contributed by atoms with Gasteiger partial charge in [-0.3, -0.25) is 0 Å².